The molecule has 4 heteroatoms. The van der Waals surface area contributed by atoms with Gasteiger partial charge in [0.05, 0.1) is 12.2 Å². The maximum absolute atomic E-state index is 11.5. The van der Waals surface area contributed by atoms with Crippen molar-refractivity contribution in [1.29, 1.82) is 0 Å². The third-order valence-electron chi connectivity index (χ3n) is 2.21. The predicted octanol–water partition coefficient (Wildman–Crippen LogP) is 3.46. The zero-order chi connectivity index (χ0) is 12.8. The summed E-state index contributed by atoms with van der Waals surface area (Å²) in [5.41, 5.74) is 0.586. The van der Waals surface area contributed by atoms with Gasteiger partial charge < -0.3 is 9.47 Å². The van der Waals surface area contributed by atoms with Crippen molar-refractivity contribution in [3.8, 4) is 5.75 Å². The normalized spacial score (nSPS) is 12.2. The van der Waals surface area contributed by atoms with E-state index in [1.54, 1.807) is 12.1 Å². The zero-order valence-corrected chi connectivity index (χ0v) is 11.9. The van der Waals surface area contributed by atoms with E-state index in [1.807, 2.05) is 19.9 Å². The Bertz CT molecular complexity index is 390. The van der Waals surface area contributed by atoms with Crippen molar-refractivity contribution in [2.75, 3.05) is 13.2 Å². The van der Waals surface area contributed by atoms with Crippen LogP contribution < -0.4 is 4.74 Å². The number of carbonyl (C=O) groups excluding carboxylic acids is 1. The SMILES string of the molecule is CCOCC(C)Oc1ccc(Br)cc1C(C)=O. The van der Waals surface area contributed by atoms with Gasteiger partial charge in [0.25, 0.3) is 0 Å². The first kappa shape index (κ1) is 14.2. The Balaban J connectivity index is 2.79. The lowest BCUT2D eigenvalue weighted by Gasteiger charge is -2.16. The number of halogens is 1. The number of ketones is 1. The minimum Gasteiger partial charge on any atom is -0.488 e. The van der Waals surface area contributed by atoms with E-state index < -0.39 is 0 Å². The summed E-state index contributed by atoms with van der Waals surface area (Å²) in [6.07, 6.45) is -0.0748. The minimum atomic E-state index is -0.0748. The van der Waals surface area contributed by atoms with Gasteiger partial charge >= 0.3 is 0 Å². The number of benzene rings is 1. The van der Waals surface area contributed by atoms with Crippen molar-refractivity contribution in [3.05, 3.63) is 28.2 Å². The maximum Gasteiger partial charge on any atom is 0.163 e. The van der Waals surface area contributed by atoms with Crippen LogP contribution in [0.25, 0.3) is 0 Å². The fourth-order valence-corrected chi connectivity index (χ4v) is 1.78. The second kappa shape index (κ2) is 6.77. The summed E-state index contributed by atoms with van der Waals surface area (Å²) >= 11 is 3.34. The van der Waals surface area contributed by atoms with E-state index in [0.29, 0.717) is 24.5 Å². The molecule has 0 N–H and O–H groups in total. The van der Waals surface area contributed by atoms with Crippen LogP contribution in [0, 0.1) is 0 Å². The molecular formula is C13H17BrO3. The second-order valence-electron chi connectivity index (χ2n) is 3.78. The highest BCUT2D eigenvalue weighted by atomic mass is 79.9. The van der Waals surface area contributed by atoms with Crippen LogP contribution in [0.1, 0.15) is 31.1 Å². The molecule has 1 rings (SSSR count). The molecule has 0 heterocycles. The first-order chi connectivity index (χ1) is 8.04. The van der Waals surface area contributed by atoms with Gasteiger partial charge in [0.15, 0.2) is 5.78 Å². The van der Waals surface area contributed by atoms with Gasteiger partial charge in [-0.05, 0) is 39.0 Å². The average Bonchev–Trinajstić information content (AvgIpc) is 2.28. The summed E-state index contributed by atoms with van der Waals surface area (Å²) < 4.78 is 11.8. The van der Waals surface area contributed by atoms with E-state index in [-0.39, 0.29) is 11.9 Å². The Hall–Kier alpha value is -0.870. The molecule has 1 aromatic rings. The van der Waals surface area contributed by atoms with Crippen molar-refractivity contribution in [2.24, 2.45) is 0 Å². The molecule has 1 aromatic carbocycles. The molecule has 0 spiro atoms. The van der Waals surface area contributed by atoms with E-state index in [9.17, 15) is 4.79 Å². The molecule has 0 radical (unpaired) electrons. The number of rotatable bonds is 6. The monoisotopic (exact) mass is 300 g/mol. The molecule has 1 unspecified atom stereocenters. The Morgan fingerprint density at radius 2 is 2.18 bits per heavy atom. The van der Waals surface area contributed by atoms with Crippen LogP contribution in [-0.2, 0) is 4.74 Å². The van der Waals surface area contributed by atoms with Gasteiger partial charge in [-0.1, -0.05) is 15.9 Å². The van der Waals surface area contributed by atoms with Gasteiger partial charge in [0.1, 0.15) is 11.9 Å². The van der Waals surface area contributed by atoms with Crippen LogP contribution in [-0.4, -0.2) is 25.1 Å². The average molecular weight is 301 g/mol. The molecule has 3 nitrogen and oxygen atoms in total. The second-order valence-corrected chi connectivity index (χ2v) is 4.70. The molecule has 0 aromatic heterocycles. The molecule has 0 saturated carbocycles. The Morgan fingerprint density at radius 3 is 2.76 bits per heavy atom. The van der Waals surface area contributed by atoms with E-state index in [1.165, 1.54) is 6.92 Å². The summed E-state index contributed by atoms with van der Waals surface area (Å²) in [7, 11) is 0. The Morgan fingerprint density at radius 1 is 1.47 bits per heavy atom. The molecule has 0 aliphatic rings. The topological polar surface area (TPSA) is 35.5 Å². The summed E-state index contributed by atoms with van der Waals surface area (Å²) in [6.45, 7) is 6.56. The van der Waals surface area contributed by atoms with Crippen LogP contribution in [0.5, 0.6) is 5.75 Å². The van der Waals surface area contributed by atoms with E-state index in [2.05, 4.69) is 15.9 Å². The van der Waals surface area contributed by atoms with Gasteiger partial charge in [0, 0.05) is 11.1 Å². The van der Waals surface area contributed by atoms with Crippen LogP contribution in [0.4, 0.5) is 0 Å². The number of hydrogen-bond acceptors (Lipinski definition) is 3. The molecule has 0 fully saturated rings. The van der Waals surface area contributed by atoms with Crippen LogP contribution in [0.2, 0.25) is 0 Å². The lowest BCUT2D eigenvalue weighted by molar-refractivity contribution is 0.0648. The lowest BCUT2D eigenvalue weighted by Crippen LogP contribution is -2.20. The minimum absolute atomic E-state index is 0.00934. The number of carbonyl (C=O) groups is 1. The Labute approximate surface area is 110 Å². The van der Waals surface area contributed by atoms with Crippen molar-refractivity contribution < 1.29 is 14.3 Å². The number of ether oxygens (including phenoxy) is 2. The molecule has 0 amide bonds. The largest absolute Gasteiger partial charge is 0.488 e. The summed E-state index contributed by atoms with van der Waals surface area (Å²) in [6, 6.07) is 5.42. The first-order valence-corrected chi connectivity index (χ1v) is 6.38. The van der Waals surface area contributed by atoms with Gasteiger partial charge in [-0.2, -0.15) is 0 Å². The molecule has 0 saturated heterocycles. The molecular weight excluding hydrogens is 284 g/mol. The van der Waals surface area contributed by atoms with Crippen LogP contribution >= 0.6 is 15.9 Å². The molecule has 94 valence electrons. The Kier molecular flexibility index (Phi) is 5.65. The van der Waals surface area contributed by atoms with Crippen molar-refractivity contribution >= 4 is 21.7 Å². The van der Waals surface area contributed by atoms with E-state index in [0.717, 1.165) is 4.47 Å². The van der Waals surface area contributed by atoms with Crippen molar-refractivity contribution in [1.82, 2.24) is 0 Å². The van der Waals surface area contributed by atoms with Gasteiger partial charge in [-0.3, -0.25) is 4.79 Å². The first-order valence-electron chi connectivity index (χ1n) is 5.59. The highest BCUT2D eigenvalue weighted by Gasteiger charge is 2.12. The lowest BCUT2D eigenvalue weighted by atomic mass is 10.1. The standard InChI is InChI=1S/C13H17BrO3/c1-4-16-8-9(2)17-13-6-5-11(14)7-12(13)10(3)15/h5-7,9H,4,8H2,1-3H3. The van der Waals surface area contributed by atoms with Crippen LogP contribution in [0.3, 0.4) is 0 Å². The fourth-order valence-electron chi connectivity index (χ4n) is 1.41. The number of hydrogen-bond donors (Lipinski definition) is 0. The van der Waals surface area contributed by atoms with Crippen LogP contribution in [0.15, 0.2) is 22.7 Å². The zero-order valence-electron chi connectivity index (χ0n) is 10.3. The summed E-state index contributed by atoms with van der Waals surface area (Å²) in [5, 5.41) is 0. The smallest absolute Gasteiger partial charge is 0.163 e. The van der Waals surface area contributed by atoms with Crippen molar-refractivity contribution in [3.63, 3.8) is 0 Å². The van der Waals surface area contributed by atoms with Gasteiger partial charge in [-0.25, -0.2) is 0 Å². The third kappa shape index (κ3) is 4.48. The van der Waals surface area contributed by atoms with E-state index >= 15 is 0 Å². The number of Topliss-reactive ketones (excluding diaryl/α,β-unsaturated/α-hetero) is 1. The van der Waals surface area contributed by atoms with E-state index in [4.69, 9.17) is 9.47 Å². The van der Waals surface area contributed by atoms with Gasteiger partial charge in [-0.15, -0.1) is 0 Å². The molecule has 17 heavy (non-hydrogen) atoms. The maximum atomic E-state index is 11.5. The quantitative estimate of drug-likeness (QED) is 0.755. The molecule has 0 aliphatic carbocycles. The van der Waals surface area contributed by atoms with Crippen molar-refractivity contribution in [2.45, 2.75) is 26.9 Å². The molecule has 1 atom stereocenters. The summed E-state index contributed by atoms with van der Waals surface area (Å²) in [4.78, 5) is 11.5. The molecule has 0 bridgehead atoms. The highest BCUT2D eigenvalue weighted by molar-refractivity contribution is 9.10. The van der Waals surface area contributed by atoms with Gasteiger partial charge in [0.2, 0.25) is 0 Å². The third-order valence-corrected chi connectivity index (χ3v) is 2.70. The summed E-state index contributed by atoms with van der Waals surface area (Å²) in [5.74, 6) is 0.595. The molecule has 0 aliphatic heterocycles. The predicted molar refractivity (Wildman–Crippen MR) is 70.7 cm³/mol. The fraction of sp³-hybridized carbons (Fsp3) is 0.462. The highest BCUT2D eigenvalue weighted by Crippen LogP contribution is 2.24.